The number of para-hydroxylation sites is 1. The number of benzene rings is 2. The SMILES string of the molecule is CCN(c1ccccc1)c1nccc(-c2sc(C3(O)CCN(C)CC3)nc2-c2cccc(C(F)(F)F)c2)n1. The van der Waals surface area contributed by atoms with E-state index in [4.69, 9.17) is 9.97 Å². The molecule has 2 aromatic carbocycles. The molecule has 5 rings (SSSR count). The molecule has 0 unspecified atom stereocenters. The molecule has 10 heteroatoms. The van der Waals surface area contributed by atoms with Crippen molar-refractivity contribution in [1.82, 2.24) is 19.9 Å². The summed E-state index contributed by atoms with van der Waals surface area (Å²) in [5.74, 6) is 0.471. The summed E-state index contributed by atoms with van der Waals surface area (Å²) in [5, 5.41) is 12.0. The number of hydrogen-bond acceptors (Lipinski definition) is 7. The van der Waals surface area contributed by atoms with Crippen molar-refractivity contribution in [2.24, 2.45) is 0 Å². The highest BCUT2D eigenvalue weighted by Crippen LogP contribution is 2.44. The molecule has 198 valence electrons. The van der Waals surface area contributed by atoms with Crippen molar-refractivity contribution in [3.8, 4) is 21.8 Å². The van der Waals surface area contributed by atoms with Crippen LogP contribution >= 0.6 is 11.3 Å². The third-order valence-corrected chi connectivity index (χ3v) is 8.08. The van der Waals surface area contributed by atoms with Gasteiger partial charge in [0.25, 0.3) is 0 Å². The lowest BCUT2D eigenvalue weighted by Gasteiger charge is -2.34. The van der Waals surface area contributed by atoms with Crippen molar-refractivity contribution in [3.63, 3.8) is 0 Å². The van der Waals surface area contributed by atoms with Crippen molar-refractivity contribution >= 4 is 23.0 Å². The number of hydrogen-bond donors (Lipinski definition) is 1. The minimum atomic E-state index is -4.49. The second kappa shape index (κ2) is 10.4. The Balaban J connectivity index is 1.63. The van der Waals surface area contributed by atoms with Gasteiger partial charge in [-0.05, 0) is 57.1 Å². The molecule has 0 atom stereocenters. The Morgan fingerprint density at radius 2 is 1.76 bits per heavy atom. The number of halogens is 3. The summed E-state index contributed by atoms with van der Waals surface area (Å²) in [4.78, 5) is 18.7. The Morgan fingerprint density at radius 3 is 2.45 bits per heavy atom. The van der Waals surface area contributed by atoms with Crippen LogP contribution in [0, 0.1) is 0 Å². The maximum Gasteiger partial charge on any atom is 0.416 e. The summed E-state index contributed by atoms with van der Waals surface area (Å²) in [6.45, 7) is 4.02. The second-order valence-electron chi connectivity index (χ2n) is 9.43. The predicted octanol–water partition coefficient (Wildman–Crippen LogP) is 6.36. The first-order chi connectivity index (χ1) is 18.2. The summed E-state index contributed by atoms with van der Waals surface area (Å²) in [5.41, 5.74) is 0.257. The summed E-state index contributed by atoms with van der Waals surface area (Å²) in [6, 6.07) is 16.6. The van der Waals surface area contributed by atoms with Crippen LogP contribution < -0.4 is 4.90 Å². The van der Waals surface area contributed by atoms with E-state index in [-0.39, 0.29) is 0 Å². The molecule has 1 fully saturated rings. The Hall–Kier alpha value is -3.34. The number of nitrogens with zero attached hydrogens (tertiary/aromatic N) is 5. The highest BCUT2D eigenvalue weighted by atomic mass is 32.1. The number of likely N-dealkylation sites (tertiary alicyclic amines) is 1. The molecule has 2 aromatic heterocycles. The first-order valence-electron chi connectivity index (χ1n) is 12.4. The zero-order chi connectivity index (χ0) is 26.9. The van der Waals surface area contributed by atoms with Gasteiger partial charge in [-0.2, -0.15) is 13.2 Å². The van der Waals surface area contributed by atoms with Crippen LogP contribution in [0.15, 0.2) is 66.9 Å². The molecule has 0 radical (unpaired) electrons. The molecule has 0 saturated carbocycles. The molecule has 38 heavy (non-hydrogen) atoms. The van der Waals surface area contributed by atoms with Crippen LogP contribution in [0.5, 0.6) is 0 Å². The van der Waals surface area contributed by atoms with Gasteiger partial charge in [0.1, 0.15) is 10.6 Å². The fourth-order valence-electron chi connectivity index (χ4n) is 4.59. The van der Waals surface area contributed by atoms with E-state index in [0.717, 1.165) is 17.8 Å². The number of thiazole rings is 1. The summed E-state index contributed by atoms with van der Waals surface area (Å²) >= 11 is 1.28. The monoisotopic (exact) mass is 539 g/mol. The molecule has 0 amide bonds. The zero-order valence-corrected chi connectivity index (χ0v) is 21.9. The van der Waals surface area contributed by atoms with E-state index in [9.17, 15) is 18.3 Å². The van der Waals surface area contributed by atoms with Gasteiger partial charge in [0.15, 0.2) is 0 Å². The van der Waals surface area contributed by atoms with Gasteiger partial charge in [-0.1, -0.05) is 30.3 Å². The summed E-state index contributed by atoms with van der Waals surface area (Å²) in [7, 11) is 2.00. The van der Waals surface area contributed by atoms with Gasteiger partial charge in [-0.3, -0.25) is 0 Å². The number of alkyl halides is 3. The first kappa shape index (κ1) is 26.3. The lowest BCUT2D eigenvalue weighted by Crippen LogP contribution is -2.40. The molecule has 1 aliphatic heterocycles. The molecule has 0 bridgehead atoms. The number of rotatable bonds is 6. The average molecular weight is 540 g/mol. The summed E-state index contributed by atoms with van der Waals surface area (Å²) in [6.07, 6.45) is -1.86. The topological polar surface area (TPSA) is 65.4 Å². The lowest BCUT2D eigenvalue weighted by molar-refractivity contribution is -0.137. The van der Waals surface area contributed by atoms with Gasteiger partial charge in [0.05, 0.1) is 21.8 Å². The first-order valence-corrected chi connectivity index (χ1v) is 13.3. The van der Waals surface area contributed by atoms with Gasteiger partial charge >= 0.3 is 6.18 Å². The number of aliphatic hydroxyl groups is 1. The average Bonchev–Trinajstić information content (AvgIpc) is 3.38. The minimum absolute atomic E-state index is 0.324. The fourth-order valence-corrected chi connectivity index (χ4v) is 5.79. The molecule has 3 heterocycles. The number of piperidine rings is 1. The van der Waals surface area contributed by atoms with Crippen molar-refractivity contribution < 1.29 is 18.3 Å². The van der Waals surface area contributed by atoms with Gasteiger partial charge in [-0.15, -0.1) is 11.3 Å². The van der Waals surface area contributed by atoms with E-state index >= 15 is 0 Å². The zero-order valence-electron chi connectivity index (χ0n) is 21.1. The molecule has 0 spiro atoms. The third kappa shape index (κ3) is 5.29. The molecular formula is C28H28F3N5OS. The van der Waals surface area contributed by atoms with Crippen LogP contribution in [0.2, 0.25) is 0 Å². The highest BCUT2D eigenvalue weighted by molar-refractivity contribution is 7.15. The van der Waals surface area contributed by atoms with E-state index < -0.39 is 17.3 Å². The Morgan fingerprint density at radius 1 is 1.03 bits per heavy atom. The van der Waals surface area contributed by atoms with Crippen LogP contribution in [0.1, 0.15) is 30.3 Å². The van der Waals surface area contributed by atoms with Crippen molar-refractivity contribution in [3.05, 3.63) is 77.4 Å². The van der Waals surface area contributed by atoms with E-state index in [2.05, 4.69) is 9.88 Å². The van der Waals surface area contributed by atoms with Gasteiger partial charge in [0.2, 0.25) is 5.95 Å². The van der Waals surface area contributed by atoms with E-state index in [1.54, 1.807) is 18.3 Å². The quantitative estimate of drug-likeness (QED) is 0.308. The van der Waals surface area contributed by atoms with Crippen LogP contribution in [0.3, 0.4) is 0 Å². The molecule has 1 N–H and O–H groups in total. The van der Waals surface area contributed by atoms with Gasteiger partial charge < -0.3 is 14.9 Å². The smallest absolute Gasteiger partial charge is 0.383 e. The van der Waals surface area contributed by atoms with Crippen LogP contribution in [0.25, 0.3) is 21.8 Å². The maximum atomic E-state index is 13.6. The Kier molecular flexibility index (Phi) is 7.21. The number of aromatic nitrogens is 3. The normalized spacial score (nSPS) is 15.9. The van der Waals surface area contributed by atoms with Crippen LogP contribution in [-0.4, -0.2) is 51.6 Å². The van der Waals surface area contributed by atoms with Gasteiger partial charge in [0, 0.05) is 37.1 Å². The van der Waals surface area contributed by atoms with E-state index in [1.807, 2.05) is 49.2 Å². The maximum absolute atomic E-state index is 13.6. The van der Waals surface area contributed by atoms with Crippen molar-refractivity contribution in [1.29, 1.82) is 0 Å². The highest BCUT2D eigenvalue weighted by Gasteiger charge is 2.38. The minimum Gasteiger partial charge on any atom is -0.383 e. The molecule has 1 saturated heterocycles. The standard InChI is InChI=1S/C28H28F3N5OS/c1-3-36(21-10-5-4-6-11-21)26-32-15-12-22(33-26)24-23(19-8-7-9-20(18-19)28(29,30)31)34-25(38-24)27(37)13-16-35(2)17-14-27/h4-12,15,18,37H,3,13-14,16-17H2,1-2H3. The van der Waals surface area contributed by atoms with Crippen molar-refractivity contribution in [2.75, 3.05) is 31.6 Å². The van der Waals surface area contributed by atoms with Gasteiger partial charge in [-0.25, -0.2) is 15.0 Å². The number of anilines is 2. The van der Waals surface area contributed by atoms with Crippen LogP contribution in [-0.2, 0) is 11.8 Å². The Labute approximate surface area is 223 Å². The van der Waals surface area contributed by atoms with E-state index in [1.165, 1.54) is 17.4 Å². The lowest BCUT2D eigenvalue weighted by atomic mass is 9.92. The fraction of sp³-hybridized carbons (Fsp3) is 0.321. The summed E-state index contributed by atoms with van der Waals surface area (Å²) < 4.78 is 40.7. The van der Waals surface area contributed by atoms with Crippen molar-refractivity contribution in [2.45, 2.75) is 31.5 Å². The largest absolute Gasteiger partial charge is 0.416 e. The van der Waals surface area contributed by atoms with Crippen LogP contribution in [0.4, 0.5) is 24.8 Å². The van der Waals surface area contributed by atoms with E-state index in [0.29, 0.717) is 65.3 Å². The molecule has 4 aromatic rings. The third-order valence-electron chi connectivity index (χ3n) is 6.80. The molecule has 1 aliphatic rings. The molecular weight excluding hydrogens is 511 g/mol. The predicted molar refractivity (Wildman–Crippen MR) is 143 cm³/mol. The second-order valence-corrected chi connectivity index (χ2v) is 10.4. The molecule has 6 nitrogen and oxygen atoms in total. The Bertz CT molecular complexity index is 1400. The molecule has 0 aliphatic carbocycles.